The van der Waals surface area contributed by atoms with Crippen molar-refractivity contribution in [1.29, 1.82) is 0 Å². The van der Waals surface area contributed by atoms with Crippen molar-refractivity contribution in [2.45, 2.75) is 13.3 Å². The third-order valence-corrected chi connectivity index (χ3v) is 2.64. The third kappa shape index (κ3) is 1.32. The molecule has 3 heteroatoms. The van der Waals surface area contributed by atoms with E-state index in [-0.39, 0.29) is 0 Å². The highest BCUT2D eigenvalue weighted by Gasteiger charge is 2.07. The molecule has 1 N–H and O–H groups in total. The molecular weight excluding hydrogens is 198 g/mol. The molecule has 1 aromatic heterocycles. The van der Waals surface area contributed by atoms with Crippen LogP contribution >= 0.6 is 11.6 Å². The number of aryl methyl sites for hydroxylation is 1. The molecule has 0 aliphatic rings. The quantitative estimate of drug-likeness (QED) is 0.729. The van der Waals surface area contributed by atoms with Crippen molar-refractivity contribution in [1.82, 2.24) is 4.98 Å². The molecule has 0 saturated carbocycles. The number of halogens is 1. The van der Waals surface area contributed by atoms with Crippen LogP contribution in [0, 0.1) is 0 Å². The Balaban J connectivity index is 2.88. The Morgan fingerprint density at radius 2 is 2.07 bits per heavy atom. The maximum atomic E-state index is 9.64. The van der Waals surface area contributed by atoms with Gasteiger partial charge in [0, 0.05) is 17.1 Å². The molecule has 1 heterocycles. The van der Waals surface area contributed by atoms with Crippen molar-refractivity contribution in [3.05, 3.63) is 35.1 Å². The van der Waals surface area contributed by atoms with Crippen molar-refractivity contribution in [2.75, 3.05) is 0 Å². The molecule has 0 fully saturated rings. The van der Waals surface area contributed by atoms with Crippen LogP contribution in [-0.2, 0) is 6.42 Å². The predicted molar refractivity (Wildman–Crippen MR) is 57.8 cm³/mol. The Bertz CT molecular complexity index is 482. The summed E-state index contributed by atoms with van der Waals surface area (Å²) >= 11 is 5.95. The van der Waals surface area contributed by atoms with Crippen LogP contribution in [0.2, 0.25) is 5.15 Å². The van der Waals surface area contributed by atoms with E-state index >= 15 is 0 Å². The molecule has 0 radical (unpaired) electrons. The monoisotopic (exact) mass is 207 g/mol. The lowest BCUT2D eigenvalue weighted by molar-refractivity contribution is 0.470. The van der Waals surface area contributed by atoms with Crippen LogP contribution in [0.15, 0.2) is 24.4 Å². The maximum absolute atomic E-state index is 9.64. The van der Waals surface area contributed by atoms with Crippen molar-refractivity contribution in [3.63, 3.8) is 0 Å². The van der Waals surface area contributed by atoms with Crippen LogP contribution < -0.4 is 0 Å². The van der Waals surface area contributed by atoms with Crippen molar-refractivity contribution in [2.24, 2.45) is 0 Å². The minimum Gasteiger partial charge on any atom is -0.508 e. The minimum absolute atomic E-state index is 0.322. The summed E-state index contributed by atoms with van der Waals surface area (Å²) in [5.74, 6) is 0.322. The number of benzene rings is 1. The zero-order valence-corrected chi connectivity index (χ0v) is 8.54. The molecule has 0 aliphatic carbocycles. The van der Waals surface area contributed by atoms with Gasteiger partial charge in [-0.25, -0.2) is 4.98 Å². The van der Waals surface area contributed by atoms with E-state index in [0.29, 0.717) is 10.9 Å². The van der Waals surface area contributed by atoms with Crippen LogP contribution in [0.25, 0.3) is 10.8 Å². The summed E-state index contributed by atoms with van der Waals surface area (Å²) in [6.07, 6.45) is 2.44. The normalized spacial score (nSPS) is 10.7. The Morgan fingerprint density at radius 3 is 2.79 bits per heavy atom. The fourth-order valence-corrected chi connectivity index (χ4v) is 1.86. The lowest BCUT2D eigenvalue weighted by Gasteiger charge is -2.07. The van der Waals surface area contributed by atoms with E-state index in [9.17, 15) is 5.11 Å². The fraction of sp³-hybridized carbons (Fsp3) is 0.182. The van der Waals surface area contributed by atoms with Gasteiger partial charge in [-0.15, -0.1) is 0 Å². The van der Waals surface area contributed by atoms with Gasteiger partial charge in [-0.1, -0.05) is 18.5 Å². The Hall–Kier alpha value is -1.28. The highest BCUT2D eigenvalue weighted by Crippen LogP contribution is 2.30. The van der Waals surface area contributed by atoms with Gasteiger partial charge < -0.3 is 5.11 Å². The van der Waals surface area contributed by atoms with Gasteiger partial charge in [0.2, 0.25) is 0 Å². The number of rotatable bonds is 1. The van der Waals surface area contributed by atoms with E-state index in [4.69, 9.17) is 11.6 Å². The molecule has 0 bridgehead atoms. The molecule has 14 heavy (non-hydrogen) atoms. The molecule has 0 spiro atoms. The van der Waals surface area contributed by atoms with Crippen molar-refractivity contribution < 1.29 is 5.11 Å². The number of hydrogen-bond donors (Lipinski definition) is 1. The van der Waals surface area contributed by atoms with E-state index in [2.05, 4.69) is 4.98 Å². The van der Waals surface area contributed by atoms with Crippen LogP contribution in [-0.4, -0.2) is 10.1 Å². The lowest BCUT2D eigenvalue weighted by Crippen LogP contribution is -1.87. The SMILES string of the molecule is CCc1c(O)ccc2c(Cl)nccc12. The van der Waals surface area contributed by atoms with Gasteiger partial charge in [-0.2, -0.15) is 0 Å². The summed E-state index contributed by atoms with van der Waals surface area (Å²) in [5.41, 5.74) is 0.923. The van der Waals surface area contributed by atoms with Gasteiger partial charge in [0.15, 0.2) is 0 Å². The van der Waals surface area contributed by atoms with Crippen LogP contribution in [0.5, 0.6) is 5.75 Å². The van der Waals surface area contributed by atoms with E-state index in [1.54, 1.807) is 18.3 Å². The second kappa shape index (κ2) is 3.46. The summed E-state index contributed by atoms with van der Waals surface area (Å²) in [6.45, 7) is 2.00. The van der Waals surface area contributed by atoms with Crippen molar-refractivity contribution in [3.8, 4) is 5.75 Å². The maximum Gasteiger partial charge on any atom is 0.136 e. The molecule has 2 aromatic rings. The van der Waals surface area contributed by atoms with Crippen LogP contribution in [0.3, 0.4) is 0 Å². The summed E-state index contributed by atoms with van der Waals surface area (Å²) < 4.78 is 0. The molecule has 1 aromatic carbocycles. The topological polar surface area (TPSA) is 33.1 Å². The summed E-state index contributed by atoms with van der Waals surface area (Å²) in [7, 11) is 0. The first-order chi connectivity index (χ1) is 6.74. The number of nitrogens with zero attached hydrogens (tertiary/aromatic N) is 1. The number of fused-ring (bicyclic) bond motifs is 1. The standard InChI is InChI=1S/C11H10ClNO/c1-2-7-8-5-6-13-11(12)9(8)3-4-10(7)14/h3-6,14H,2H2,1H3. The molecule has 2 nitrogen and oxygen atoms in total. The Labute approximate surface area is 87.2 Å². The Morgan fingerprint density at radius 1 is 1.29 bits per heavy atom. The predicted octanol–water partition coefficient (Wildman–Crippen LogP) is 3.16. The average Bonchev–Trinajstić information content (AvgIpc) is 2.18. The molecule has 0 saturated heterocycles. The second-order valence-corrected chi connectivity index (χ2v) is 3.47. The molecule has 0 atom stereocenters. The van der Waals surface area contributed by atoms with E-state index in [1.807, 2.05) is 13.0 Å². The molecular formula is C11H10ClNO. The summed E-state index contributed by atoms with van der Waals surface area (Å²) in [4.78, 5) is 4.00. The molecule has 0 aliphatic heterocycles. The van der Waals surface area contributed by atoms with E-state index < -0.39 is 0 Å². The number of phenolic OH excluding ortho intramolecular Hbond substituents is 1. The average molecular weight is 208 g/mol. The van der Waals surface area contributed by atoms with Crippen LogP contribution in [0.4, 0.5) is 0 Å². The molecule has 72 valence electrons. The first-order valence-electron chi connectivity index (χ1n) is 4.49. The smallest absolute Gasteiger partial charge is 0.136 e. The number of phenols is 1. The van der Waals surface area contributed by atoms with Gasteiger partial charge in [-0.05, 0) is 30.0 Å². The number of aromatic hydroxyl groups is 1. The van der Waals surface area contributed by atoms with Crippen LogP contribution in [0.1, 0.15) is 12.5 Å². The zero-order valence-electron chi connectivity index (χ0n) is 7.79. The fourth-order valence-electron chi connectivity index (χ4n) is 1.64. The van der Waals surface area contributed by atoms with Gasteiger partial charge in [0.05, 0.1) is 0 Å². The molecule has 0 amide bonds. The second-order valence-electron chi connectivity index (χ2n) is 3.11. The van der Waals surface area contributed by atoms with Crippen molar-refractivity contribution >= 4 is 22.4 Å². The minimum atomic E-state index is 0.322. The summed E-state index contributed by atoms with van der Waals surface area (Å²) in [5, 5.41) is 12.0. The molecule has 2 rings (SSSR count). The molecule has 0 unspecified atom stereocenters. The highest BCUT2D eigenvalue weighted by molar-refractivity contribution is 6.34. The number of pyridine rings is 1. The zero-order chi connectivity index (χ0) is 10.1. The Kier molecular flexibility index (Phi) is 2.30. The largest absolute Gasteiger partial charge is 0.508 e. The highest BCUT2D eigenvalue weighted by atomic mass is 35.5. The first-order valence-corrected chi connectivity index (χ1v) is 4.87. The van der Waals surface area contributed by atoms with E-state index in [1.165, 1.54) is 0 Å². The van der Waals surface area contributed by atoms with Gasteiger partial charge in [-0.3, -0.25) is 0 Å². The summed E-state index contributed by atoms with van der Waals surface area (Å²) in [6, 6.07) is 5.33. The number of aromatic nitrogens is 1. The lowest BCUT2D eigenvalue weighted by atomic mass is 10.0. The van der Waals surface area contributed by atoms with Gasteiger partial charge in [0.25, 0.3) is 0 Å². The first kappa shape index (κ1) is 9.28. The van der Waals surface area contributed by atoms with E-state index in [0.717, 1.165) is 22.8 Å². The van der Waals surface area contributed by atoms with Gasteiger partial charge in [0.1, 0.15) is 10.9 Å². The number of hydrogen-bond acceptors (Lipinski definition) is 2. The van der Waals surface area contributed by atoms with Gasteiger partial charge >= 0.3 is 0 Å². The third-order valence-electron chi connectivity index (χ3n) is 2.34.